The maximum absolute atomic E-state index is 13.4. The topological polar surface area (TPSA) is 50.4 Å². The Bertz CT molecular complexity index is 629. The Morgan fingerprint density at radius 1 is 1.10 bits per heavy atom. The highest BCUT2D eigenvalue weighted by atomic mass is 19.1. The highest BCUT2D eigenvalue weighted by Crippen LogP contribution is 2.21. The number of methoxy groups -OCH3 is 1. The zero-order valence-electron chi connectivity index (χ0n) is 11.2. The zero-order valence-corrected chi connectivity index (χ0v) is 11.2. The van der Waals surface area contributed by atoms with Gasteiger partial charge in [0.15, 0.2) is 0 Å². The average molecular weight is 274 g/mol. The number of rotatable bonds is 3. The molecule has 0 fully saturated rings. The normalized spacial score (nSPS) is 9.95. The minimum absolute atomic E-state index is 0.135. The van der Waals surface area contributed by atoms with Gasteiger partial charge in [0, 0.05) is 5.69 Å². The van der Waals surface area contributed by atoms with Crippen molar-refractivity contribution in [3.8, 4) is 5.75 Å². The molecule has 0 atom stereocenters. The van der Waals surface area contributed by atoms with E-state index in [9.17, 15) is 9.18 Å². The van der Waals surface area contributed by atoms with E-state index >= 15 is 0 Å². The number of nitrogens with one attached hydrogen (secondary N) is 2. The van der Waals surface area contributed by atoms with Crippen LogP contribution in [0.1, 0.15) is 5.56 Å². The minimum Gasteiger partial charge on any atom is -0.497 e. The Morgan fingerprint density at radius 2 is 1.80 bits per heavy atom. The molecule has 0 saturated carbocycles. The molecule has 0 heterocycles. The van der Waals surface area contributed by atoms with Crippen LogP contribution in [-0.2, 0) is 0 Å². The summed E-state index contributed by atoms with van der Waals surface area (Å²) in [4.78, 5) is 11.8. The summed E-state index contributed by atoms with van der Waals surface area (Å²) in [6, 6.07) is 10.8. The van der Waals surface area contributed by atoms with E-state index < -0.39 is 11.8 Å². The molecular weight excluding hydrogens is 259 g/mol. The van der Waals surface area contributed by atoms with Gasteiger partial charge in [0.2, 0.25) is 0 Å². The molecular formula is C15H15FN2O2. The fourth-order valence-electron chi connectivity index (χ4n) is 1.74. The second kappa shape index (κ2) is 6.06. The third kappa shape index (κ3) is 3.26. The van der Waals surface area contributed by atoms with Crippen LogP contribution in [0.4, 0.5) is 20.6 Å². The number of para-hydroxylation sites is 1. The number of halogens is 1. The largest absolute Gasteiger partial charge is 0.497 e. The van der Waals surface area contributed by atoms with Gasteiger partial charge in [-0.15, -0.1) is 0 Å². The van der Waals surface area contributed by atoms with E-state index in [1.807, 2.05) is 6.92 Å². The molecule has 4 nitrogen and oxygen atoms in total. The SMILES string of the molecule is COc1ccc(NC(=O)Nc2ccccc2F)c(C)c1. The second-order valence-electron chi connectivity index (χ2n) is 4.24. The number of anilines is 2. The molecule has 0 bridgehead atoms. The van der Waals surface area contributed by atoms with Crippen molar-refractivity contribution in [2.75, 3.05) is 17.7 Å². The summed E-state index contributed by atoms with van der Waals surface area (Å²) in [5.41, 5.74) is 1.63. The van der Waals surface area contributed by atoms with Crippen LogP contribution in [0, 0.1) is 12.7 Å². The Hall–Kier alpha value is -2.56. The molecule has 20 heavy (non-hydrogen) atoms. The summed E-state index contributed by atoms with van der Waals surface area (Å²) < 4.78 is 18.5. The van der Waals surface area contributed by atoms with Crippen molar-refractivity contribution in [1.82, 2.24) is 0 Å². The summed E-state index contributed by atoms with van der Waals surface area (Å²) >= 11 is 0. The Labute approximate surface area is 116 Å². The molecule has 0 aliphatic carbocycles. The highest BCUT2D eigenvalue weighted by molar-refractivity contribution is 6.00. The van der Waals surface area contributed by atoms with Gasteiger partial charge in [0.05, 0.1) is 12.8 Å². The van der Waals surface area contributed by atoms with Gasteiger partial charge >= 0.3 is 6.03 Å². The smallest absolute Gasteiger partial charge is 0.323 e. The van der Waals surface area contributed by atoms with Gasteiger partial charge in [-0.3, -0.25) is 0 Å². The lowest BCUT2D eigenvalue weighted by Crippen LogP contribution is -2.20. The van der Waals surface area contributed by atoms with Crippen molar-refractivity contribution in [3.63, 3.8) is 0 Å². The first-order chi connectivity index (χ1) is 9.60. The van der Waals surface area contributed by atoms with Crippen LogP contribution in [-0.4, -0.2) is 13.1 Å². The van der Waals surface area contributed by atoms with Gasteiger partial charge in [-0.05, 0) is 42.8 Å². The van der Waals surface area contributed by atoms with Crippen molar-refractivity contribution in [3.05, 3.63) is 53.8 Å². The molecule has 2 rings (SSSR count). The Balaban J connectivity index is 2.07. The summed E-state index contributed by atoms with van der Waals surface area (Å²) in [5, 5.41) is 5.12. The molecule has 2 N–H and O–H groups in total. The predicted molar refractivity (Wildman–Crippen MR) is 76.8 cm³/mol. The van der Waals surface area contributed by atoms with Crippen molar-refractivity contribution < 1.29 is 13.9 Å². The fraction of sp³-hybridized carbons (Fsp3) is 0.133. The number of carbonyl (C=O) groups excluding carboxylic acids is 1. The molecule has 0 aliphatic heterocycles. The van der Waals surface area contributed by atoms with Crippen LogP contribution in [0.3, 0.4) is 0 Å². The highest BCUT2D eigenvalue weighted by Gasteiger charge is 2.08. The minimum atomic E-state index is -0.497. The molecule has 0 radical (unpaired) electrons. The quantitative estimate of drug-likeness (QED) is 0.894. The van der Waals surface area contributed by atoms with Gasteiger partial charge < -0.3 is 15.4 Å². The number of hydrogen-bond donors (Lipinski definition) is 2. The Kier molecular flexibility index (Phi) is 4.20. The van der Waals surface area contributed by atoms with E-state index in [0.717, 1.165) is 5.56 Å². The standard InChI is InChI=1S/C15H15FN2O2/c1-10-9-11(20-2)7-8-13(10)17-15(19)18-14-6-4-3-5-12(14)16/h3-9H,1-2H3,(H2,17,18,19). The van der Waals surface area contributed by atoms with Gasteiger partial charge in [0.1, 0.15) is 11.6 Å². The summed E-state index contributed by atoms with van der Waals surface area (Å²) in [6.45, 7) is 1.85. The van der Waals surface area contributed by atoms with Crippen molar-refractivity contribution in [2.24, 2.45) is 0 Å². The molecule has 0 saturated heterocycles. The van der Waals surface area contributed by atoms with Crippen LogP contribution in [0.25, 0.3) is 0 Å². The Morgan fingerprint density at radius 3 is 2.45 bits per heavy atom. The lowest BCUT2D eigenvalue weighted by molar-refractivity contribution is 0.262. The molecule has 2 aromatic carbocycles. The van der Waals surface area contributed by atoms with Crippen LogP contribution < -0.4 is 15.4 Å². The van der Waals surface area contributed by atoms with E-state index in [2.05, 4.69) is 10.6 Å². The number of urea groups is 1. The third-order valence-corrected chi connectivity index (χ3v) is 2.80. The first-order valence-corrected chi connectivity index (χ1v) is 6.07. The maximum atomic E-state index is 13.4. The van der Waals surface area contributed by atoms with E-state index in [1.165, 1.54) is 12.1 Å². The first kappa shape index (κ1) is 13.9. The van der Waals surface area contributed by atoms with E-state index in [-0.39, 0.29) is 5.69 Å². The molecule has 0 aromatic heterocycles. The van der Waals surface area contributed by atoms with Gasteiger partial charge in [-0.1, -0.05) is 12.1 Å². The lowest BCUT2D eigenvalue weighted by Gasteiger charge is -2.11. The molecule has 0 spiro atoms. The predicted octanol–water partition coefficient (Wildman–Crippen LogP) is 3.79. The van der Waals surface area contributed by atoms with Crippen molar-refractivity contribution in [1.29, 1.82) is 0 Å². The monoisotopic (exact) mass is 274 g/mol. The second-order valence-corrected chi connectivity index (χ2v) is 4.24. The molecule has 104 valence electrons. The first-order valence-electron chi connectivity index (χ1n) is 6.07. The van der Waals surface area contributed by atoms with Crippen LogP contribution in [0.15, 0.2) is 42.5 Å². The zero-order chi connectivity index (χ0) is 14.5. The van der Waals surface area contributed by atoms with Gasteiger partial charge in [-0.2, -0.15) is 0 Å². The summed E-state index contributed by atoms with van der Waals surface area (Å²) in [5.74, 6) is 0.233. The molecule has 5 heteroatoms. The molecule has 0 aliphatic rings. The number of ether oxygens (including phenoxy) is 1. The third-order valence-electron chi connectivity index (χ3n) is 2.80. The lowest BCUT2D eigenvalue weighted by atomic mass is 10.2. The van der Waals surface area contributed by atoms with E-state index in [4.69, 9.17) is 4.74 Å². The van der Waals surface area contributed by atoms with Gasteiger partial charge in [-0.25, -0.2) is 9.18 Å². The van der Waals surface area contributed by atoms with Gasteiger partial charge in [0.25, 0.3) is 0 Å². The molecule has 2 amide bonds. The molecule has 0 unspecified atom stereocenters. The number of aryl methyl sites for hydroxylation is 1. The average Bonchev–Trinajstić information content (AvgIpc) is 2.43. The maximum Gasteiger partial charge on any atom is 0.323 e. The van der Waals surface area contributed by atoms with E-state index in [0.29, 0.717) is 11.4 Å². The summed E-state index contributed by atoms with van der Waals surface area (Å²) in [7, 11) is 1.58. The van der Waals surface area contributed by atoms with Crippen molar-refractivity contribution >= 4 is 17.4 Å². The fourth-order valence-corrected chi connectivity index (χ4v) is 1.74. The number of amides is 2. The molecule has 2 aromatic rings. The number of carbonyl (C=O) groups is 1. The van der Waals surface area contributed by atoms with E-state index in [1.54, 1.807) is 37.4 Å². The van der Waals surface area contributed by atoms with Crippen LogP contribution >= 0.6 is 0 Å². The van der Waals surface area contributed by atoms with Crippen LogP contribution in [0.2, 0.25) is 0 Å². The van der Waals surface area contributed by atoms with Crippen LogP contribution in [0.5, 0.6) is 5.75 Å². The van der Waals surface area contributed by atoms with Crippen molar-refractivity contribution in [2.45, 2.75) is 6.92 Å². The number of hydrogen-bond acceptors (Lipinski definition) is 2. The summed E-state index contributed by atoms with van der Waals surface area (Å²) in [6.07, 6.45) is 0. The number of benzene rings is 2.